The minimum absolute atomic E-state index is 0.490. The molecule has 0 amide bonds. The third-order valence-corrected chi connectivity index (χ3v) is 4.17. The number of hydrogen-bond acceptors (Lipinski definition) is 2. The van der Waals surface area contributed by atoms with Crippen molar-refractivity contribution in [3.05, 3.63) is 35.4 Å². The van der Waals surface area contributed by atoms with Gasteiger partial charge in [0.1, 0.15) is 0 Å². The molecule has 0 aliphatic carbocycles. The third-order valence-electron chi connectivity index (χ3n) is 4.17. The van der Waals surface area contributed by atoms with Gasteiger partial charge < -0.3 is 5.32 Å². The van der Waals surface area contributed by atoms with E-state index in [1.807, 2.05) is 0 Å². The van der Waals surface area contributed by atoms with Crippen molar-refractivity contribution in [1.29, 1.82) is 0 Å². The highest BCUT2D eigenvalue weighted by atomic mass is 19.2. The number of rotatable bonds is 2. The molecule has 0 saturated carbocycles. The van der Waals surface area contributed by atoms with Gasteiger partial charge in [-0.05, 0) is 49.0 Å². The molecule has 2 aliphatic rings. The molecule has 0 aromatic heterocycles. The molecule has 1 aromatic rings. The van der Waals surface area contributed by atoms with Gasteiger partial charge in [-0.3, -0.25) is 4.90 Å². The third kappa shape index (κ3) is 2.27. The molecule has 1 spiro atoms. The summed E-state index contributed by atoms with van der Waals surface area (Å²) < 4.78 is 25.9. The van der Waals surface area contributed by atoms with Crippen LogP contribution in [0.1, 0.15) is 18.4 Å². The largest absolute Gasteiger partial charge is 0.317 e. The smallest absolute Gasteiger partial charge is 0.159 e. The quantitative estimate of drug-likeness (QED) is 0.867. The van der Waals surface area contributed by atoms with E-state index in [0.29, 0.717) is 5.41 Å². The lowest BCUT2D eigenvalue weighted by atomic mass is 9.72. The van der Waals surface area contributed by atoms with Gasteiger partial charge in [-0.2, -0.15) is 0 Å². The van der Waals surface area contributed by atoms with Crippen molar-refractivity contribution in [2.75, 3.05) is 26.2 Å². The lowest BCUT2D eigenvalue weighted by Gasteiger charge is -2.52. The minimum Gasteiger partial charge on any atom is -0.317 e. The maximum atomic E-state index is 13.1. The van der Waals surface area contributed by atoms with Crippen LogP contribution in [0.25, 0.3) is 0 Å². The molecule has 2 saturated heterocycles. The maximum Gasteiger partial charge on any atom is 0.159 e. The summed E-state index contributed by atoms with van der Waals surface area (Å²) in [5.74, 6) is -1.51. The molecule has 2 heterocycles. The Labute approximate surface area is 106 Å². The molecule has 0 atom stereocenters. The van der Waals surface area contributed by atoms with E-state index in [1.165, 1.54) is 25.0 Å². The standard InChI is InChI=1S/C14H18F2N2/c15-12-2-1-11(7-13(12)16)8-18-9-14(10-18)3-5-17-6-4-14/h1-2,7,17H,3-6,8-10H2. The van der Waals surface area contributed by atoms with Crippen LogP contribution in [0.5, 0.6) is 0 Å². The van der Waals surface area contributed by atoms with E-state index in [2.05, 4.69) is 10.2 Å². The number of nitrogens with zero attached hydrogens (tertiary/aromatic N) is 1. The zero-order valence-corrected chi connectivity index (χ0v) is 10.4. The predicted molar refractivity (Wildman–Crippen MR) is 66.2 cm³/mol. The number of benzene rings is 1. The van der Waals surface area contributed by atoms with E-state index in [-0.39, 0.29) is 0 Å². The van der Waals surface area contributed by atoms with Gasteiger partial charge in [0.15, 0.2) is 11.6 Å². The number of nitrogens with one attached hydrogen (secondary N) is 1. The first-order valence-electron chi connectivity index (χ1n) is 6.54. The fraction of sp³-hybridized carbons (Fsp3) is 0.571. The maximum absolute atomic E-state index is 13.1. The molecule has 4 heteroatoms. The molecule has 3 rings (SSSR count). The lowest BCUT2D eigenvalue weighted by molar-refractivity contribution is -0.0282. The highest BCUT2D eigenvalue weighted by Crippen LogP contribution is 2.39. The van der Waals surface area contributed by atoms with Gasteiger partial charge in [0.25, 0.3) is 0 Å². The van der Waals surface area contributed by atoms with Crippen molar-refractivity contribution in [3.8, 4) is 0 Å². The van der Waals surface area contributed by atoms with E-state index in [4.69, 9.17) is 0 Å². The average molecular weight is 252 g/mol. The second kappa shape index (κ2) is 4.59. The Morgan fingerprint density at radius 3 is 2.50 bits per heavy atom. The molecule has 2 nitrogen and oxygen atoms in total. The molecule has 2 fully saturated rings. The van der Waals surface area contributed by atoms with Gasteiger partial charge in [-0.1, -0.05) is 6.07 Å². The van der Waals surface area contributed by atoms with Crippen molar-refractivity contribution in [1.82, 2.24) is 10.2 Å². The normalized spacial score (nSPS) is 23.0. The van der Waals surface area contributed by atoms with E-state index in [9.17, 15) is 8.78 Å². The summed E-state index contributed by atoms with van der Waals surface area (Å²) in [5.41, 5.74) is 1.35. The predicted octanol–water partition coefficient (Wildman–Crippen LogP) is 2.15. The van der Waals surface area contributed by atoms with Crippen molar-refractivity contribution >= 4 is 0 Å². The van der Waals surface area contributed by atoms with Crippen LogP contribution in [0.3, 0.4) is 0 Å². The van der Waals surface area contributed by atoms with Crippen LogP contribution in [0.4, 0.5) is 8.78 Å². The number of piperidine rings is 1. The molecule has 1 aromatic carbocycles. The van der Waals surface area contributed by atoms with Crippen LogP contribution in [0.2, 0.25) is 0 Å². The summed E-state index contributed by atoms with van der Waals surface area (Å²) in [6, 6.07) is 4.19. The Morgan fingerprint density at radius 2 is 1.83 bits per heavy atom. The number of hydrogen-bond donors (Lipinski definition) is 1. The van der Waals surface area contributed by atoms with E-state index < -0.39 is 11.6 Å². The Morgan fingerprint density at radius 1 is 1.11 bits per heavy atom. The molecule has 0 bridgehead atoms. The number of likely N-dealkylation sites (tertiary alicyclic amines) is 1. The summed E-state index contributed by atoms with van der Waals surface area (Å²) in [7, 11) is 0. The Hall–Kier alpha value is -1.00. The van der Waals surface area contributed by atoms with Crippen LogP contribution in [0, 0.1) is 17.0 Å². The van der Waals surface area contributed by atoms with Crippen molar-refractivity contribution in [3.63, 3.8) is 0 Å². The van der Waals surface area contributed by atoms with E-state index in [0.717, 1.165) is 38.3 Å². The average Bonchev–Trinajstić information content (AvgIpc) is 2.33. The Balaban J connectivity index is 1.57. The number of halogens is 2. The Bertz CT molecular complexity index is 433. The summed E-state index contributed by atoms with van der Waals surface area (Å²) in [6.07, 6.45) is 2.47. The molecule has 0 unspecified atom stereocenters. The summed E-state index contributed by atoms with van der Waals surface area (Å²) in [4.78, 5) is 2.32. The van der Waals surface area contributed by atoms with Crippen LogP contribution >= 0.6 is 0 Å². The molecule has 2 aliphatic heterocycles. The minimum atomic E-state index is -0.766. The van der Waals surface area contributed by atoms with Gasteiger partial charge in [0.2, 0.25) is 0 Å². The molecular formula is C14H18F2N2. The molecule has 18 heavy (non-hydrogen) atoms. The first kappa shape index (κ1) is 12.1. The van der Waals surface area contributed by atoms with Gasteiger partial charge in [-0.15, -0.1) is 0 Å². The fourth-order valence-electron chi connectivity index (χ4n) is 3.18. The van der Waals surface area contributed by atoms with Crippen LogP contribution < -0.4 is 5.32 Å². The van der Waals surface area contributed by atoms with Crippen molar-refractivity contribution < 1.29 is 8.78 Å². The zero-order chi connectivity index (χ0) is 12.6. The van der Waals surface area contributed by atoms with Crippen LogP contribution in [0.15, 0.2) is 18.2 Å². The summed E-state index contributed by atoms with van der Waals surface area (Å²) in [6.45, 7) is 5.13. The first-order valence-corrected chi connectivity index (χ1v) is 6.54. The monoisotopic (exact) mass is 252 g/mol. The first-order chi connectivity index (χ1) is 8.67. The Kier molecular flexibility index (Phi) is 3.08. The molecule has 98 valence electrons. The van der Waals surface area contributed by atoms with Gasteiger partial charge in [0, 0.05) is 19.6 Å². The van der Waals surface area contributed by atoms with E-state index in [1.54, 1.807) is 6.07 Å². The highest BCUT2D eigenvalue weighted by Gasteiger charge is 2.42. The molecule has 0 radical (unpaired) electrons. The molecule has 1 N–H and O–H groups in total. The SMILES string of the molecule is Fc1ccc(CN2CC3(CCNCC3)C2)cc1F. The van der Waals surface area contributed by atoms with Crippen LogP contribution in [-0.2, 0) is 6.54 Å². The highest BCUT2D eigenvalue weighted by molar-refractivity contribution is 5.18. The summed E-state index contributed by atoms with van der Waals surface area (Å²) >= 11 is 0. The lowest BCUT2D eigenvalue weighted by Crippen LogP contribution is -2.59. The van der Waals surface area contributed by atoms with Crippen molar-refractivity contribution in [2.24, 2.45) is 5.41 Å². The van der Waals surface area contributed by atoms with Crippen LogP contribution in [-0.4, -0.2) is 31.1 Å². The summed E-state index contributed by atoms with van der Waals surface area (Å²) in [5, 5.41) is 3.38. The zero-order valence-electron chi connectivity index (χ0n) is 10.4. The van der Waals surface area contributed by atoms with E-state index >= 15 is 0 Å². The second-order valence-corrected chi connectivity index (χ2v) is 5.64. The van der Waals surface area contributed by atoms with Gasteiger partial charge in [-0.25, -0.2) is 8.78 Å². The molecular weight excluding hydrogens is 234 g/mol. The topological polar surface area (TPSA) is 15.3 Å². The van der Waals surface area contributed by atoms with Gasteiger partial charge >= 0.3 is 0 Å². The van der Waals surface area contributed by atoms with Gasteiger partial charge in [0.05, 0.1) is 0 Å². The second-order valence-electron chi connectivity index (χ2n) is 5.64. The fourth-order valence-corrected chi connectivity index (χ4v) is 3.18. The van der Waals surface area contributed by atoms with Crippen molar-refractivity contribution in [2.45, 2.75) is 19.4 Å².